The summed E-state index contributed by atoms with van der Waals surface area (Å²) < 4.78 is 42.6. The number of benzene rings is 1. The van der Waals surface area contributed by atoms with E-state index in [2.05, 4.69) is 4.72 Å². The molecule has 1 aliphatic rings. The summed E-state index contributed by atoms with van der Waals surface area (Å²) >= 11 is 5.70. The molecule has 0 saturated heterocycles. The van der Waals surface area contributed by atoms with Crippen molar-refractivity contribution < 1.29 is 22.6 Å². The van der Waals surface area contributed by atoms with E-state index in [1.165, 1.54) is 19.2 Å². The minimum Gasteiger partial charge on any atom is -0.486 e. The van der Waals surface area contributed by atoms with Gasteiger partial charge >= 0.3 is 0 Å². The fourth-order valence-corrected chi connectivity index (χ4v) is 3.28. The summed E-state index contributed by atoms with van der Waals surface area (Å²) in [4.78, 5) is 0.105. The minimum absolute atomic E-state index is 0.105. The third-order valence-corrected chi connectivity index (χ3v) is 4.59. The van der Waals surface area contributed by atoms with Crippen LogP contribution in [0.1, 0.15) is 0 Å². The number of nitrogens with one attached hydrogen (secondary N) is 1. The van der Waals surface area contributed by atoms with Crippen molar-refractivity contribution in [2.75, 3.05) is 32.8 Å². The lowest BCUT2D eigenvalue weighted by molar-refractivity contribution is 0.171. The van der Waals surface area contributed by atoms with Gasteiger partial charge in [-0.25, -0.2) is 13.1 Å². The molecule has 1 heterocycles. The van der Waals surface area contributed by atoms with Crippen LogP contribution in [0.3, 0.4) is 0 Å². The lowest BCUT2D eigenvalue weighted by Gasteiger charge is -2.20. The Morgan fingerprint density at radius 1 is 1.35 bits per heavy atom. The Morgan fingerprint density at radius 2 is 2.05 bits per heavy atom. The van der Waals surface area contributed by atoms with Gasteiger partial charge in [-0.15, -0.1) is 11.6 Å². The van der Waals surface area contributed by atoms with Crippen LogP contribution >= 0.6 is 11.6 Å². The van der Waals surface area contributed by atoms with Crippen LogP contribution in [0.2, 0.25) is 0 Å². The van der Waals surface area contributed by atoms with Crippen molar-refractivity contribution in [1.29, 1.82) is 0 Å². The van der Waals surface area contributed by atoms with E-state index < -0.39 is 16.1 Å². The summed E-state index contributed by atoms with van der Waals surface area (Å²) in [6, 6.07) is 4.00. The topological polar surface area (TPSA) is 73.9 Å². The predicted molar refractivity (Wildman–Crippen MR) is 74.1 cm³/mol. The number of sulfonamides is 1. The molecule has 112 valence electrons. The van der Waals surface area contributed by atoms with Gasteiger partial charge in [-0.2, -0.15) is 0 Å². The molecule has 1 atom stereocenters. The third-order valence-electron chi connectivity index (χ3n) is 2.70. The highest BCUT2D eigenvalue weighted by atomic mass is 35.5. The molecule has 1 N–H and O–H groups in total. The Labute approximate surface area is 123 Å². The Hall–Kier alpha value is -1.02. The van der Waals surface area contributed by atoms with Crippen molar-refractivity contribution >= 4 is 21.6 Å². The molecule has 0 saturated carbocycles. The molecule has 0 radical (unpaired) electrons. The lowest BCUT2D eigenvalue weighted by atomic mass is 10.3. The highest BCUT2D eigenvalue weighted by Gasteiger charge is 2.22. The van der Waals surface area contributed by atoms with Gasteiger partial charge in [-0.05, 0) is 12.1 Å². The average Bonchev–Trinajstić information content (AvgIpc) is 2.46. The highest BCUT2D eigenvalue weighted by Crippen LogP contribution is 2.32. The summed E-state index contributed by atoms with van der Waals surface area (Å²) in [5.41, 5.74) is 0. The first-order chi connectivity index (χ1) is 9.56. The number of fused-ring (bicyclic) bond motifs is 1. The molecule has 0 bridgehead atoms. The fourth-order valence-electron chi connectivity index (χ4n) is 1.79. The van der Waals surface area contributed by atoms with Gasteiger partial charge in [0.15, 0.2) is 11.5 Å². The second-order valence-electron chi connectivity index (χ2n) is 4.23. The molecule has 0 spiro atoms. The summed E-state index contributed by atoms with van der Waals surface area (Å²) in [6.45, 7) is 1.06. The SMILES string of the molecule is COCC(CCl)NS(=O)(=O)c1ccc2c(c1)OCCO2. The van der Waals surface area contributed by atoms with Gasteiger partial charge < -0.3 is 14.2 Å². The largest absolute Gasteiger partial charge is 0.486 e. The zero-order valence-corrected chi connectivity index (χ0v) is 12.5. The van der Waals surface area contributed by atoms with Crippen molar-refractivity contribution in [1.82, 2.24) is 4.72 Å². The molecule has 1 aromatic carbocycles. The second-order valence-corrected chi connectivity index (χ2v) is 6.26. The van der Waals surface area contributed by atoms with E-state index in [9.17, 15) is 8.42 Å². The van der Waals surface area contributed by atoms with Crippen molar-refractivity contribution in [2.45, 2.75) is 10.9 Å². The van der Waals surface area contributed by atoms with Crippen LogP contribution in [-0.4, -0.2) is 47.3 Å². The predicted octanol–water partition coefficient (Wildman–Crippen LogP) is 0.990. The first-order valence-corrected chi connectivity index (χ1v) is 8.05. The summed E-state index contributed by atoms with van der Waals surface area (Å²) in [5, 5.41) is 0. The van der Waals surface area contributed by atoms with Crippen molar-refractivity contribution in [2.24, 2.45) is 0 Å². The standard InChI is InChI=1S/C12H16ClNO5S/c1-17-8-9(7-13)14-20(15,16)10-2-3-11-12(6-10)19-5-4-18-11/h2-3,6,9,14H,4-5,7-8H2,1H3. The average molecular weight is 322 g/mol. The van der Waals surface area contributed by atoms with E-state index in [1.54, 1.807) is 6.07 Å². The number of hydrogen-bond acceptors (Lipinski definition) is 5. The quantitative estimate of drug-likeness (QED) is 0.791. The van der Waals surface area contributed by atoms with Gasteiger partial charge in [-0.3, -0.25) is 0 Å². The summed E-state index contributed by atoms with van der Waals surface area (Å²) in [7, 11) is -2.19. The molecule has 0 fully saturated rings. The first-order valence-electron chi connectivity index (χ1n) is 6.03. The van der Waals surface area contributed by atoms with Crippen LogP contribution in [0.5, 0.6) is 11.5 Å². The van der Waals surface area contributed by atoms with Crippen molar-refractivity contribution in [3.63, 3.8) is 0 Å². The summed E-state index contributed by atoms with van der Waals surface area (Å²) in [6.07, 6.45) is 0. The van der Waals surface area contributed by atoms with Gasteiger partial charge in [0.2, 0.25) is 10.0 Å². The number of rotatable bonds is 6. The zero-order valence-electron chi connectivity index (χ0n) is 11.0. The Balaban J connectivity index is 2.20. The molecule has 1 aromatic rings. The maximum absolute atomic E-state index is 12.2. The molecular formula is C12H16ClNO5S. The molecule has 0 amide bonds. The van der Waals surface area contributed by atoms with E-state index in [4.69, 9.17) is 25.8 Å². The number of hydrogen-bond donors (Lipinski definition) is 1. The van der Waals surface area contributed by atoms with Gasteiger partial charge in [0.1, 0.15) is 13.2 Å². The molecule has 2 rings (SSSR count). The first kappa shape index (κ1) is 15.4. The second kappa shape index (κ2) is 6.62. The van der Waals surface area contributed by atoms with Gasteiger partial charge in [0, 0.05) is 19.1 Å². The molecule has 0 aromatic heterocycles. The van der Waals surface area contributed by atoms with Crippen LogP contribution < -0.4 is 14.2 Å². The van der Waals surface area contributed by atoms with E-state index in [0.717, 1.165) is 0 Å². The number of alkyl halides is 1. The molecule has 0 aliphatic carbocycles. The van der Waals surface area contributed by atoms with E-state index in [1.807, 2.05) is 0 Å². The fraction of sp³-hybridized carbons (Fsp3) is 0.500. The monoisotopic (exact) mass is 321 g/mol. The van der Waals surface area contributed by atoms with Crippen molar-refractivity contribution in [3.05, 3.63) is 18.2 Å². The van der Waals surface area contributed by atoms with Crippen LogP contribution in [0, 0.1) is 0 Å². The van der Waals surface area contributed by atoms with Crippen LogP contribution in [0.15, 0.2) is 23.1 Å². The lowest BCUT2D eigenvalue weighted by Crippen LogP contribution is -2.39. The Bertz CT molecular complexity index is 563. The molecule has 1 aliphatic heterocycles. The maximum atomic E-state index is 12.2. The molecule has 20 heavy (non-hydrogen) atoms. The number of ether oxygens (including phenoxy) is 3. The summed E-state index contributed by atoms with van der Waals surface area (Å²) in [5.74, 6) is 1.09. The minimum atomic E-state index is -3.68. The number of methoxy groups -OCH3 is 1. The van der Waals surface area contributed by atoms with Gasteiger partial charge in [0.05, 0.1) is 17.5 Å². The van der Waals surface area contributed by atoms with Crippen LogP contribution in [0.25, 0.3) is 0 Å². The molecule has 1 unspecified atom stereocenters. The Morgan fingerprint density at radius 3 is 2.70 bits per heavy atom. The third kappa shape index (κ3) is 3.54. The zero-order chi connectivity index (χ0) is 14.6. The van der Waals surface area contributed by atoms with Crippen LogP contribution in [-0.2, 0) is 14.8 Å². The molecular weight excluding hydrogens is 306 g/mol. The molecule has 6 nitrogen and oxygen atoms in total. The van der Waals surface area contributed by atoms with E-state index in [-0.39, 0.29) is 17.4 Å². The van der Waals surface area contributed by atoms with Gasteiger partial charge in [-0.1, -0.05) is 0 Å². The number of halogens is 1. The van der Waals surface area contributed by atoms with E-state index >= 15 is 0 Å². The van der Waals surface area contributed by atoms with Crippen molar-refractivity contribution in [3.8, 4) is 11.5 Å². The smallest absolute Gasteiger partial charge is 0.241 e. The normalized spacial score (nSPS) is 15.9. The highest BCUT2D eigenvalue weighted by molar-refractivity contribution is 7.89. The van der Waals surface area contributed by atoms with Gasteiger partial charge in [0.25, 0.3) is 0 Å². The Kier molecular flexibility index (Phi) is 5.09. The van der Waals surface area contributed by atoms with E-state index in [0.29, 0.717) is 24.7 Å². The molecule has 8 heteroatoms. The maximum Gasteiger partial charge on any atom is 0.241 e. The van der Waals surface area contributed by atoms with Crippen LogP contribution in [0.4, 0.5) is 0 Å².